The first kappa shape index (κ1) is 16.9. The highest BCUT2D eigenvalue weighted by Gasteiger charge is 2.29. The van der Waals surface area contributed by atoms with Crippen molar-refractivity contribution in [2.75, 3.05) is 12.3 Å². The van der Waals surface area contributed by atoms with Gasteiger partial charge in [-0.1, -0.05) is 44.2 Å². The number of aliphatic hydroxyl groups is 1. The summed E-state index contributed by atoms with van der Waals surface area (Å²) in [7, 11) is 0. The molecule has 3 N–H and O–H groups in total. The average molecular weight is 314 g/mol. The molecule has 1 aromatic heterocycles. The molecule has 0 saturated carbocycles. The Morgan fingerprint density at radius 1 is 1.22 bits per heavy atom. The van der Waals surface area contributed by atoms with Crippen molar-refractivity contribution in [2.45, 2.75) is 26.4 Å². The van der Waals surface area contributed by atoms with Crippen LogP contribution in [0.1, 0.15) is 29.9 Å². The quantitative estimate of drug-likeness (QED) is 0.847. The van der Waals surface area contributed by atoms with Crippen LogP contribution in [0.2, 0.25) is 0 Å². The highest BCUT2D eigenvalue weighted by Crippen LogP contribution is 2.19. The van der Waals surface area contributed by atoms with Crippen LogP contribution in [-0.2, 0) is 6.54 Å². The molecule has 1 atom stereocenters. The molecular weight excluding hydrogens is 292 g/mol. The fraction of sp³-hybridized carbons (Fsp3) is 0.353. The second-order valence-electron chi connectivity index (χ2n) is 5.70. The lowest BCUT2D eigenvalue weighted by Gasteiger charge is -2.33. The molecule has 1 unspecified atom stereocenters. The number of nitrogens with two attached hydrogens (primary N) is 1. The molecular formula is C17H22N4O2. The van der Waals surface area contributed by atoms with Crippen LogP contribution < -0.4 is 5.73 Å². The number of aliphatic hydroxyl groups excluding tert-OH is 1. The van der Waals surface area contributed by atoms with Crippen LogP contribution in [0.5, 0.6) is 0 Å². The van der Waals surface area contributed by atoms with E-state index in [1.54, 1.807) is 4.90 Å². The maximum Gasteiger partial charge on any atom is 0.276 e. The number of nitrogens with zero attached hydrogens (tertiary/aromatic N) is 3. The van der Waals surface area contributed by atoms with Crippen molar-refractivity contribution >= 4 is 11.7 Å². The maximum absolute atomic E-state index is 12.9. The van der Waals surface area contributed by atoms with Gasteiger partial charge in [0.15, 0.2) is 11.5 Å². The van der Waals surface area contributed by atoms with E-state index in [4.69, 9.17) is 5.73 Å². The van der Waals surface area contributed by atoms with Gasteiger partial charge in [-0.3, -0.25) is 4.79 Å². The Hall–Kier alpha value is -2.47. The van der Waals surface area contributed by atoms with Crippen LogP contribution in [0.15, 0.2) is 42.7 Å². The standard InChI is InChI=1S/C17H22N4O2/c1-12(2)14(11-22)21(10-13-6-4-3-5-7-13)17(23)15-16(18)20-9-8-19-15/h3-9,12,14,22H,10-11H2,1-2H3,(H2,18,20). The fourth-order valence-corrected chi connectivity index (χ4v) is 2.44. The van der Waals surface area contributed by atoms with Crippen LogP contribution in [0, 0.1) is 5.92 Å². The first-order valence-corrected chi connectivity index (χ1v) is 7.56. The summed E-state index contributed by atoms with van der Waals surface area (Å²) in [6.07, 6.45) is 2.88. The van der Waals surface area contributed by atoms with Crippen LogP contribution in [0.3, 0.4) is 0 Å². The van der Waals surface area contributed by atoms with Crippen LogP contribution >= 0.6 is 0 Å². The summed E-state index contributed by atoms with van der Waals surface area (Å²) in [5.41, 5.74) is 6.87. The highest BCUT2D eigenvalue weighted by molar-refractivity contribution is 5.96. The summed E-state index contributed by atoms with van der Waals surface area (Å²) in [5.74, 6) is -0.145. The zero-order chi connectivity index (χ0) is 16.8. The molecule has 0 aliphatic heterocycles. The van der Waals surface area contributed by atoms with Crippen molar-refractivity contribution in [2.24, 2.45) is 5.92 Å². The predicted molar refractivity (Wildman–Crippen MR) is 88.5 cm³/mol. The number of amides is 1. The van der Waals surface area contributed by atoms with Gasteiger partial charge < -0.3 is 15.7 Å². The summed E-state index contributed by atoms with van der Waals surface area (Å²) in [6, 6.07) is 9.30. The number of carbonyl (C=O) groups excluding carboxylic acids is 1. The molecule has 2 rings (SSSR count). The molecule has 6 nitrogen and oxygen atoms in total. The van der Waals surface area contributed by atoms with Crippen molar-refractivity contribution < 1.29 is 9.90 Å². The van der Waals surface area contributed by atoms with Gasteiger partial charge in [0.2, 0.25) is 0 Å². The second-order valence-corrected chi connectivity index (χ2v) is 5.70. The van der Waals surface area contributed by atoms with Crippen molar-refractivity contribution in [1.82, 2.24) is 14.9 Å². The summed E-state index contributed by atoms with van der Waals surface area (Å²) in [6.45, 7) is 4.17. The van der Waals surface area contributed by atoms with Crippen molar-refractivity contribution in [3.8, 4) is 0 Å². The van der Waals surface area contributed by atoms with E-state index in [1.165, 1.54) is 12.4 Å². The number of rotatable bonds is 6. The summed E-state index contributed by atoms with van der Waals surface area (Å²) in [4.78, 5) is 22.5. The Balaban J connectivity index is 2.36. The van der Waals surface area contributed by atoms with Gasteiger partial charge in [0.1, 0.15) is 0 Å². The van der Waals surface area contributed by atoms with E-state index in [-0.39, 0.29) is 36.0 Å². The normalized spacial score (nSPS) is 12.2. The molecule has 23 heavy (non-hydrogen) atoms. The third-order valence-corrected chi connectivity index (χ3v) is 3.74. The molecule has 122 valence electrons. The molecule has 2 aromatic rings. The third kappa shape index (κ3) is 4.04. The molecule has 0 bridgehead atoms. The van der Waals surface area contributed by atoms with Gasteiger partial charge in [0, 0.05) is 18.9 Å². The summed E-state index contributed by atoms with van der Waals surface area (Å²) in [5, 5.41) is 9.75. The summed E-state index contributed by atoms with van der Waals surface area (Å²) >= 11 is 0. The molecule has 0 radical (unpaired) electrons. The molecule has 1 heterocycles. The third-order valence-electron chi connectivity index (χ3n) is 3.74. The number of hydrogen-bond donors (Lipinski definition) is 2. The molecule has 1 amide bonds. The molecule has 6 heteroatoms. The van der Waals surface area contributed by atoms with Crippen LogP contribution in [0.4, 0.5) is 5.82 Å². The van der Waals surface area contributed by atoms with E-state index in [1.807, 2.05) is 44.2 Å². The first-order chi connectivity index (χ1) is 11.0. The maximum atomic E-state index is 12.9. The van der Waals surface area contributed by atoms with Crippen molar-refractivity contribution in [3.05, 3.63) is 54.0 Å². The lowest BCUT2D eigenvalue weighted by Crippen LogP contribution is -2.45. The molecule has 1 aromatic carbocycles. The van der Waals surface area contributed by atoms with Gasteiger partial charge in [-0.25, -0.2) is 9.97 Å². The predicted octanol–water partition coefficient (Wildman–Crippen LogP) is 1.72. The Morgan fingerprint density at radius 2 is 1.87 bits per heavy atom. The van der Waals surface area contributed by atoms with Gasteiger partial charge >= 0.3 is 0 Å². The van der Waals surface area contributed by atoms with E-state index < -0.39 is 0 Å². The Morgan fingerprint density at radius 3 is 2.43 bits per heavy atom. The zero-order valence-electron chi connectivity index (χ0n) is 13.4. The average Bonchev–Trinajstić information content (AvgIpc) is 2.55. The number of hydrogen-bond acceptors (Lipinski definition) is 5. The number of carbonyl (C=O) groups is 1. The lowest BCUT2D eigenvalue weighted by atomic mass is 10.0. The van der Waals surface area contributed by atoms with Gasteiger partial charge in [-0.05, 0) is 11.5 Å². The van der Waals surface area contributed by atoms with Crippen molar-refractivity contribution in [1.29, 1.82) is 0 Å². The largest absolute Gasteiger partial charge is 0.394 e. The van der Waals surface area contributed by atoms with E-state index >= 15 is 0 Å². The number of nitrogen functional groups attached to an aromatic ring is 1. The van der Waals surface area contributed by atoms with Gasteiger partial charge in [-0.15, -0.1) is 0 Å². The Bertz CT molecular complexity index is 646. The molecule has 0 saturated heterocycles. The lowest BCUT2D eigenvalue weighted by molar-refractivity contribution is 0.0477. The van der Waals surface area contributed by atoms with E-state index in [0.717, 1.165) is 5.56 Å². The van der Waals surface area contributed by atoms with Crippen molar-refractivity contribution in [3.63, 3.8) is 0 Å². The van der Waals surface area contributed by atoms with E-state index in [9.17, 15) is 9.90 Å². The van der Waals surface area contributed by atoms with E-state index in [2.05, 4.69) is 9.97 Å². The Kier molecular flexibility index (Phi) is 5.65. The minimum absolute atomic E-state index is 0.0885. The number of benzene rings is 1. The topological polar surface area (TPSA) is 92.3 Å². The fourth-order valence-electron chi connectivity index (χ4n) is 2.44. The monoisotopic (exact) mass is 314 g/mol. The van der Waals surface area contributed by atoms with Gasteiger partial charge in [0.25, 0.3) is 5.91 Å². The van der Waals surface area contributed by atoms with Gasteiger partial charge in [-0.2, -0.15) is 0 Å². The summed E-state index contributed by atoms with van der Waals surface area (Å²) < 4.78 is 0. The molecule has 0 spiro atoms. The zero-order valence-corrected chi connectivity index (χ0v) is 13.4. The van der Waals surface area contributed by atoms with Gasteiger partial charge in [0.05, 0.1) is 12.6 Å². The molecule has 0 aliphatic rings. The molecule has 0 fully saturated rings. The number of aromatic nitrogens is 2. The number of anilines is 1. The van der Waals surface area contributed by atoms with E-state index in [0.29, 0.717) is 6.54 Å². The smallest absolute Gasteiger partial charge is 0.276 e. The second kappa shape index (κ2) is 7.69. The first-order valence-electron chi connectivity index (χ1n) is 7.56. The Labute approximate surface area is 136 Å². The van der Waals surface area contributed by atoms with Crippen LogP contribution in [-0.4, -0.2) is 38.5 Å². The van der Waals surface area contributed by atoms with Crippen LogP contribution in [0.25, 0.3) is 0 Å². The minimum Gasteiger partial charge on any atom is -0.394 e. The SMILES string of the molecule is CC(C)C(CO)N(Cc1ccccc1)C(=O)c1nccnc1N. The highest BCUT2D eigenvalue weighted by atomic mass is 16.3. The minimum atomic E-state index is -0.330. The molecule has 0 aliphatic carbocycles.